The summed E-state index contributed by atoms with van der Waals surface area (Å²) in [6.45, 7) is 0. The largest absolute Gasteiger partial charge is 0.508 e. The second-order valence-corrected chi connectivity index (χ2v) is 7.42. The first-order valence-electron chi connectivity index (χ1n) is 10.3. The minimum atomic E-state index is 0.0144. The summed E-state index contributed by atoms with van der Waals surface area (Å²) in [5, 5.41) is 55.8. The highest BCUT2D eigenvalue weighted by Gasteiger charge is 1.97. The van der Waals surface area contributed by atoms with Crippen LogP contribution in [0.1, 0.15) is 22.3 Å². The molecule has 0 spiro atoms. The zero-order valence-electron chi connectivity index (χ0n) is 18.1. The highest BCUT2D eigenvalue weighted by molar-refractivity contribution is 5.72. The quantitative estimate of drug-likeness (QED) is 0.211. The number of benzene rings is 4. The van der Waals surface area contributed by atoms with Crippen molar-refractivity contribution in [2.24, 2.45) is 0 Å². The van der Waals surface area contributed by atoms with Crippen molar-refractivity contribution in [3.8, 4) is 34.5 Å². The van der Waals surface area contributed by atoms with Crippen molar-refractivity contribution < 1.29 is 30.6 Å². The van der Waals surface area contributed by atoms with Crippen molar-refractivity contribution in [2.45, 2.75) is 0 Å². The molecule has 0 amide bonds. The summed E-state index contributed by atoms with van der Waals surface area (Å²) in [6, 6.07) is 22.3. The highest BCUT2D eigenvalue weighted by Crippen LogP contribution is 2.23. The van der Waals surface area contributed by atoms with Gasteiger partial charge in [0.1, 0.15) is 34.5 Å². The van der Waals surface area contributed by atoms with Crippen molar-refractivity contribution in [3.05, 3.63) is 107 Å². The first-order chi connectivity index (χ1) is 16.3. The lowest BCUT2D eigenvalue weighted by molar-refractivity contribution is 0.449. The van der Waals surface area contributed by atoms with Gasteiger partial charge in [-0.3, -0.25) is 0 Å². The molecule has 0 aliphatic rings. The molecule has 34 heavy (non-hydrogen) atoms. The fraction of sp³-hybridized carbons (Fsp3) is 0. The van der Waals surface area contributed by atoms with E-state index < -0.39 is 0 Å². The summed E-state index contributed by atoms with van der Waals surface area (Å²) < 4.78 is 0. The van der Waals surface area contributed by atoms with Crippen LogP contribution in [-0.2, 0) is 0 Å². The SMILES string of the molecule is Oc1cccc(/C=C/c2cc(O)cc(O)c2)c1.Oc1cccc(/C=C/c2cc(O)cc(O)c2)c1. The van der Waals surface area contributed by atoms with Gasteiger partial charge < -0.3 is 30.6 Å². The van der Waals surface area contributed by atoms with Gasteiger partial charge in [0.05, 0.1) is 0 Å². The monoisotopic (exact) mass is 456 g/mol. The third-order valence-electron chi connectivity index (χ3n) is 4.53. The molecule has 4 aromatic rings. The third kappa shape index (κ3) is 7.69. The average molecular weight is 456 g/mol. The lowest BCUT2D eigenvalue weighted by Crippen LogP contribution is -1.74. The van der Waals surface area contributed by atoms with E-state index >= 15 is 0 Å². The molecular weight excluding hydrogens is 432 g/mol. The molecule has 0 saturated carbocycles. The molecular formula is C28H24O6. The van der Waals surface area contributed by atoms with E-state index in [1.807, 2.05) is 12.1 Å². The maximum Gasteiger partial charge on any atom is 0.119 e. The third-order valence-corrected chi connectivity index (χ3v) is 4.53. The van der Waals surface area contributed by atoms with Gasteiger partial charge in [-0.15, -0.1) is 0 Å². The van der Waals surface area contributed by atoms with Gasteiger partial charge in [-0.05, 0) is 70.8 Å². The van der Waals surface area contributed by atoms with Crippen molar-refractivity contribution in [1.82, 2.24) is 0 Å². The lowest BCUT2D eigenvalue weighted by Gasteiger charge is -1.98. The van der Waals surface area contributed by atoms with E-state index in [0.29, 0.717) is 11.1 Å². The summed E-state index contributed by atoms with van der Waals surface area (Å²) in [6.07, 6.45) is 7.06. The molecule has 6 nitrogen and oxygen atoms in total. The number of aromatic hydroxyl groups is 6. The minimum Gasteiger partial charge on any atom is -0.508 e. The average Bonchev–Trinajstić information content (AvgIpc) is 2.76. The molecule has 6 heteroatoms. The first kappa shape index (κ1) is 23.8. The Hall–Kier alpha value is -4.84. The first-order valence-corrected chi connectivity index (χ1v) is 10.3. The molecule has 0 saturated heterocycles. The van der Waals surface area contributed by atoms with Crippen LogP contribution in [0.25, 0.3) is 24.3 Å². The van der Waals surface area contributed by atoms with Gasteiger partial charge in [-0.2, -0.15) is 0 Å². The van der Waals surface area contributed by atoms with Crippen LogP contribution in [0.3, 0.4) is 0 Å². The van der Waals surface area contributed by atoms with Crippen LogP contribution in [0.5, 0.6) is 34.5 Å². The standard InChI is InChI=1S/2C14H12O3/c2*15-12-3-1-2-10(6-12)4-5-11-7-13(16)9-14(17)8-11/h2*1-9,15-17H/b2*5-4+. The Morgan fingerprint density at radius 2 is 0.618 bits per heavy atom. The molecule has 0 bridgehead atoms. The molecule has 4 rings (SSSR count). The predicted octanol–water partition coefficient (Wildman–Crippen LogP) is 5.95. The zero-order chi connectivity index (χ0) is 24.5. The molecule has 0 fully saturated rings. The van der Waals surface area contributed by atoms with Gasteiger partial charge in [0.15, 0.2) is 0 Å². The van der Waals surface area contributed by atoms with Crippen LogP contribution in [0.4, 0.5) is 0 Å². The topological polar surface area (TPSA) is 121 Å². The maximum absolute atomic E-state index is 9.30. The molecule has 0 atom stereocenters. The number of rotatable bonds is 4. The Bertz CT molecular complexity index is 1180. The maximum atomic E-state index is 9.30. The smallest absolute Gasteiger partial charge is 0.119 e. The summed E-state index contributed by atoms with van der Waals surface area (Å²) in [5.74, 6) is 0.457. The summed E-state index contributed by atoms with van der Waals surface area (Å²) in [7, 11) is 0. The number of phenols is 6. The Morgan fingerprint density at radius 1 is 0.324 bits per heavy atom. The van der Waals surface area contributed by atoms with Crippen molar-refractivity contribution in [3.63, 3.8) is 0 Å². The van der Waals surface area contributed by atoms with E-state index in [4.69, 9.17) is 0 Å². The van der Waals surface area contributed by atoms with Gasteiger partial charge in [-0.1, -0.05) is 48.6 Å². The molecule has 0 heterocycles. The Labute approximate surface area is 196 Å². The van der Waals surface area contributed by atoms with Crippen LogP contribution < -0.4 is 0 Å². The van der Waals surface area contributed by atoms with E-state index in [0.717, 1.165) is 11.1 Å². The van der Waals surface area contributed by atoms with E-state index in [-0.39, 0.29) is 34.5 Å². The van der Waals surface area contributed by atoms with Gasteiger partial charge in [0, 0.05) is 12.1 Å². The Balaban J connectivity index is 0.000000191. The summed E-state index contributed by atoms with van der Waals surface area (Å²) in [4.78, 5) is 0. The molecule has 0 radical (unpaired) electrons. The lowest BCUT2D eigenvalue weighted by atomic mass is 10.1. The Kier molecular flexibility index (Phi) is 7.81. The van der Waals surface area contributed by atoms with E-state index in [9.17, 15) is 30.6 Å². The fourth-order valence-corrected chi connectivity index (χ4v) is 3.07. The number of hydrogen-bond acceptors (Lipinski definition) is 6. The van der Waals surface area contributed by atoms with Crippen LogP contribution in [-0.4, -0.2) is 30.6 Å². The van der Waals surface area contributed by atoms with Gasteiger partial charge in [-0.25, -0.2) is 0 Å². The molecule has 0 aromatic heterocycles. The second-order valence-electron chi connectivity index (χ2n) is 7.42. The van der Waals surface area contributed by atoms with Gasteiger partial charge in [0.25, 0.3) is 0 Å². The fourth-order valence-electron chi connectivity index (χ4n) is 3.07. The van der Waals surface area contributed by atoms with E-state index in [1.165, 1.54) is 12.1 Å². The van der Waals surface area contributed by atoms with Crippen LogP contribution in [0.2, 0.25) is 0 Å². The number of phenolic OH excluding ortho intramolecular Hbond substituents is 6. The zero-order valence-corrected chi connectivity index (χ0v) is 18.1. The van der Waals surface area contributed by atoms with Crippen molar-refractivity contribution in [2.75, 3.05) is 0 Å². The summed E-state index contributed by atoms with van der Waals surface area (Å²) in [5.41, 5.74) is 3.05. The molecule has 0 aliphatic heterocycles. The second kappa shape index (κ2) is 11.2. The Morgan fingerprint density at radius 3 is 0.941 bits per heavy atom. The van der Waals surface area contributed by atoms with Crippen molar-refractivity contribution >= 4 is 24.3 Å². The highest BCUT2D eigenvalue weighted by atomic mass is 16.3. The van der Waals surface area contributed by atoms with Crippen LogP contribution >= 0.6 is 0 Å². The van der Waals surface area contributed by atoms with Crippen LogP contribution in [0, 0.1) is 0 Å². The van der Waals surface area contributed by atoms with E-state index in [1.54, 1.807) is 85.0 Å². The molecule has 6 N–H and O–H groups in total. The number of hydrogen-bond donors (Lipinski definition) is 6. The van der Waals surface area contributed by atoms with E-state index in [2.05, 4.69) is 0 Å². The minimum absolute atomic E-state index is 0.0144. The predicted molar refractivity (Wildman–Crippen MR) is 134 cm³/mol. The van der Waals surface area contributed by atoms with Gasteiger partial charge in [0.2, 0.25) is 0 Å². The van der Waals surface area contributed by atoms with Crippen LogP contribution in [0.15, 0.2) is 84.9 Å². The summed E-state index contributed by atoms with van der Waals surface area (Å²) >= 11 is 0. The molecule has 0 unspecified atom stereocenters. The molecule has 172 valence electrons. The normalized spacial score (nSPS) is 10.8. The molecule has 0 aliphatic carbocycles. The van der Waals surface area contributed by atoms with Crippen molar-refractivity contribution in [1.29, 1.82) is 0 Å². The van der Waals surface area contributed by atoms with Gasteiger partial charge >= 0.3 is 0 Å². The molecule has 4 aromatic carbocycles.